The van der Waals surface area contributed by atoms with Crippen LogP contribution in [0.4, 0.5) is 0 Å². The second-order valence-electron chi connectivity index (χ2n) is 4.81. The Balaban J connectivity index is 1.98. The van der Waals surface area contributed by atoms with Crippen LogP contribution in [0.1, 0.15) is 49.1 Å². The smallest absolute Gasteiger partial charge is 0.0704 e. The van der Waals surface area contributed by atoms with Crippen molar-refractivity contribution in [3.63, 3.8) is 0 Å². The quantitative estimate of drug-likeness (QED) is 0.869. The van der Waals surface area contributed by atoms with Gasteiger partial charge in [0.25, 0.3) is 0 Å². The summed E-state index contributed by atoms with van der Waals surface area (Å²) in [5.74, 6) is 0. The van der Waals surface area contributed by atoms with Gasteiger partial charge < -0.3 is 10.4 Å². The van der Waals surface area contributed by atoms with Crippen LogP contribution in [0.25, 0.3) is 0 Å². The van der Waals surface area contributed by atoms with E-state index in [1.54, 1.807) is 0 Å². The van der Waals surface area contributed by atoms with Crippen LogP contribution in [0.3, 0.4) is 0 Å². The van der Waals surface area contributed by atoms with E-state index < -0.39 is 0 Å². The van der Waals surface area contributed by atoms with Gasteiger partial charge in [-0.2, -0.15) is 0 Å². The molecule has 2 unspecified atom stereocenters. The van der Waals surface area contributed by atoms with Crippen molar-refractivity contribution >= 4 is 27.3 Å². The number of nitrogens with one attached hydrogen (secondary N) is 1. The van der Waals surface area contributed by atoms with Crippen molar-refractivity contribution < 1.29 is 5.11 Å². The Kier molecular flexibility index (Phi) is 5.03. The van der Waals surface area contributed by atoms with Gasteiger partial charge in [-0.1, -0.05) is 0 Å². The number of aryl methyl sites for hydroxylation is 1. The van der Waals surface area contributed by atoms with Crippen LogP contribution in [-0.2, 0) is 6.42 Å². The third-order valence-corrected chi connectivity index (χ3v) is 5.08. The maximum atomic E-state index is 8.85. The monoisotopic (exact) mass is 317 g/mol. The van der Waals surface area contributed by atoms with Crippen molar-refractivity contribution in [2.45, 2.75) is 51.1 Å². The predicted octanol–water partition coefficient (Wildman–Crippen LogP) is 3.64. The SMILES string of the molecule is CC(CCCO)NC1CCCc2sc(Br)cc21. The van der Waals surface area contributed by atoms with E-state index in [9.17, 15) is 0 Å². The predicted molar refractivity (Wildman–Crippen MR) is 76.6 cm³/mol. The summed E-state index contributed by atoms with van der Waals surface area (Å²) in [6.07, 6.45) is 5.69. The van der Waals surface area contributed by atoms with Crippen molar-refractivity contribution in [2.24, 2.45) is 0 Å². The Hall–Kier alpha value is 0.100. The fourth-order valence-corrected chi connectivity index (χ4v) is 4.34. The summed E-state index contributed by atoms with van der Waals surface area (Å²) in [4.78, 5) is 1.54. The fourth-order valence-electron chi connectivity index (χ4n) is 2.52. The molecule has 1 aliphatic carbocycles. The average Bonchev–Trinajstić information content (AvgIpc) is 2.68. The van der Waals surface area contributed by atoms with Crippen molar-refractivity contribution in [2.75, 3.05) is 6.61 Å². The lowest BCUT2D eigenvalue weighted by atomic mass is 9.93. The molecule has 17 heavy (non-hydrogen) atoms. The highest BCUT2D eigenvalue weighted by Gasteiger charge is 2.23. The summed E-state index contributed by atoms with van der Waals surface area (Å²) < 4.78 is 1.25. The van der Waals surface area contributed by atoms with E-state index >= 15 is 0 Å². The molecule has 1 aromatic heterocycles. The highest BCUT2D eigenvalue weighted by molar-refractivity contribution is 9.11. The standard InChI is InChI=1S/C13H20BrNOS/c1-9(4-3-7-16)15-11-5-2-6-12-10(11)8-13(14)17-12/h8-9,11,15-16H,2-7H2,1H3. The van der Waals surface area contributed by atoms with E-state index in [1.807, 2.05) is 11.3 Å². The second kappa shape index (κ2) is 6.32. The Morgan fingerprint density at radius 1 is 1.65 bits per heavy atom. The minimum atomic E-state index is 0.298. The highest BCUT2D eigenvalue weighted by Crippen LogP contribution is 2.38. The first-order valence-corrected chi connectivity index (χ1v) is 7.96. The Bertz CT molecular complexity index is 366. The Labute approximate surface area is 116 Å². The summed E-state index contributed by atoms with van der Waals surface area (Å²) >= 11 is 5.46. The molecule has 1 aromatic rings. The molecule has 0 radical (unpaired) electrons. The summed E-state index contributed by atoms with van der Waals surface area (Å²) in [6.45, 7) is 2.51. The van der Waals surface area contributed by atoms with Crippen molar-refractivity contribution in [1.29, 1.82) is 0 Å². The third-order valence-electron chi connectivity index (χ3n) is 3.36. The van der Waals surface area contributed by atoms with Crippen LogP contribution in [0.5, 0.6) is 0 Å². The van der Waals surface area contributed by atoms with Crippen LogP contribution in [-0.4, -0.2) is 17.8 Å². The number of aliphatic hydroxyl groups is 1. The molecule has 0 saturated carbocycles. The van der Waals surface area contributed by atoms with Gasteiger partial charge in [0.05, 0.1) is 3.79 Å². The van der Waals surface area contributed by atoms with Crippen LogP contribution < -0.4 is 5.32 Å². The molecule has 0 spiro atoms. The number of hydrogen-bond donors (Lipinski definition) is 2. The van der Waals surface area contributed by atoms with Crippen LogP contribution in [0, 0.1) is 0 Å². The molecule has 96 valence electrons. The van der Waals surface area contributed by atoms with Gasteiger partial charge in [-0.3, -0.25) is 0 Å². The van der Waals surface area contributed by atoms with E-state index in [-0.39, 0.29) is 0 Å². The minimum Gasteiger partial charge on any atom is -0.396 e. The van der Waals surface area contributed by atoms with E-state index in [0.29, 0.717) is 18.7 Å². The molecule has 1 aliphatic rings. The molecule has 0 aliphatic heterocycles. The maximum Gasteiger partial charge on any atom is 0.0704 e. The molecule has 4 heteroatoms. The lowest BCUT2D eigenvalue weighted by Gasteiger charge is -2.27. The zero-order valence-corrected chi connectivity index (χ0v) is 12.6. The molecule has 0 bridgehead atoms. The van der Waals surface area contributed by atoms with Crippen LogP contribution in [0.15, 0.2) is 9.85 Å². The molecule has 0 amide bonds. The zero-order chi connectivity index (χ0) is 12.3. The van der Waals surface area contributed by atoms with Crippen molar-refractivity contribution in [3.05, 3.63) is 20.3 Å². The molecule has 2 nitrogen and oxygen atoms in total. The summed E-state index contributed by atoms with van der Waals surface area (Å²) in [5, 5.41) is 12.5. The first-order chi connectivity index (χ1) is 8.20. The van der Waals surface area contributed by atoms with Gasteiger partial charge in [-0.25, -0.2) is 0 Å². The van der Waals surface area contributed by atoms with Gasteiger partial charge in [0.1, 0.15) is 0 Å². The van der Waals surface area contributed by atoms with Gasteiger partial charge in [0.15, 0.2) is 0 Å². The molecule has 2 rings (SSSR count). The number of halogens is 1. The molecular weight excluding hydrogens is 298 g/mol. The Morgan fingerprint density at radius 2 is 2.47 bits per heavy atom. The topological polar surface area (TPSA) is 32.3 Å². The van der Waals surface area contributed by atoms with E-state index in [2.05, 4.69) is 34.2 Å². The number of rotatable bonds is 5. The lowest BCUT2D eigenvalue weighted by molar-refractivity contribution is 0.272. The van der Waals surface area contributed by atoms with Gasteiger partial charge in [-0.05, 0) is 66.6 Å². The van der Waals surface area contributed by atoms with Gasteiger partial charge in [-0.15, -0.1) is 11.3 Å². The average molecular weight is 318 g/mol. The van der Waals surface area contributed by atoms with Crippen LogP contribution in [0.2, 0.25) is 0 Å². The van der Waals surface area contributed by atoms with E-state index in [4.69, 9.17) is 5.11 Å². The number of hydrogen-bond acceptors (Lipinski definition) is 3. The minimum absolute atomic E-state index is 0.298. The summed E-state index contributed by atoms with van der Waals surface area (Å²) in [7, 11) is 0. The molecule has 0 fully saturated rings. The van der Waals surface area contributed by atoms with Crippen molar-refractivity contribution in [3.8, 4) is 0 Å². The van der Waals surface area contributed by atoms with E-state index in [1.165, 1.54) is 33.5 Å². The second-order valence-corrected chi connectivity index (χ2v) is 7.32. The molecule has 0 saturated heterocycles. The largest absolute Gasteiger partial charge is 0.396 e. The van der Waals surface area contributed by atoms with Crippen molar-refractivity contribution in [1.82, 2.24) is 5.32 Å². The molecule has 1 heterocycles. The molecule has 0 aromatic carbocycles. The fraction of sp³-hybridized carbons (Fsp3) is 0.692. The summed E-state index contributed by atoms with van der Waals surface area (Å²) in [6, 6.07) is 3.27. The normalized spacial score (nSPS) is 21.2. The first-order valence-electron chi connectivity index (χ1n) is 6.35. The van der Waals surface area contributed by atoms with Gasteiger partial charge in [0, 0.05) is 23.6 Å². The molecule has 2 N–H and O–H groups in total. The first kappa shape index (κ1) is 13.5. The number of thiophene rings is 1. The molecule has 2 atom stereocenters. The maximum absolute atomic E-state index is 8.85. The lowest BCUT2D eigenvalue weighted by Crippen LogP contribution is -2.32. The van der Waals surface area contributed by atoms with E-state index in [0.717, 1.165) is 12.8 Å². The van der Waals surface area contributed by atoms with Crippen LogP contribution >= 0.6 is 27.3 Å². The number of aliphatic hydroxyl groups excluding tert-OH is 1. The highest BCUT2D eigenvalue weighted by atomic mass is 79.9. The Morgan fingerprint density at radius 3 is 3.24 bits per heavy atom. The summed E-state index contributed by atoms with van der Waals surface area (Å²) in [5.41, 5.74) is 1.49. The zero-order valence-electron chi connectivity index (χ0n) is 10.2. The van der Waals surface area contributed by atoms with Gasteiger partial charge >= 0.3 is 0 Å². The van der Waals surface area contributed by atoms with Gasteiger partial charge in [0.2, 0.25) is 0 Å². The molecular formula is C13H20BrNOS. The third kappa shape index (κ3) is 3.53. The number of fused-ring (bicyclic) bond motifs is 1.